The third-order valence-electron chi connectivity index (χ3n) is 3.17. The van der Waals surface area contributed by atoms with Crippen LogP contribution in [0.2, 0.25) is 0 Å². The molecule has 2 aromatic rings. The number of ether oxygens (including phenoxy) is 1. The minimum absolute atomic E-state index is 0.165. The van der Waals surface area contributed by atoms with Gasteiger partial charge in [0.25, 0.3) is 0 Å². The monoisotopic (exact) mass is 323 g/mol. The lowest BCUT2D eigenvalue weighted by Crippen LogP contribution is -2.00. The summed E-state index contributed by atoms with van der Waals surface area (Å²) in [6.07, 6.45) is 1.47. The molecule has 2 rings (SSSR count). The predicted octanol–water partition coefficient (Wildman–Crippen LogP) is 4.61. The van der Waals surface area contributed by atoms with Gasteiger partial charge in [0.2, 0.25) is 0 Å². The minimum atomic E-state index is -0.785. The molecule has 0 aromatic heterocycles. The average molecular weight is 323 g/mol. The molecule has 1 N–H and O–H groups in total. The highest BCUT2D eigenvalue weighted by Crippen LogP contribution is 2.21. The molecule has 0 atom stereocenters. The van der Waals surface area contributed by atoms with E-state index in [1.807, 2.05) is 6.07 Å². The Morgan fingerprint density at radius 2 is 1.58 bits per heavy atom. The van der Waals surface area contributed by atoms with Gasteiger partial charge in [0.1, 0.15) is 5.75 Å². The predicted molar refractivity (Wildman–Crippen MR) is 88.8 cm³/mol. The van der Waals surface area contributed by atoms with Crippen molar-refractivity contribution < 1.29 is 14.6 Å². The zero-order chi connectivity index (χ0) is 17.2. The van der Waals surface area contributed by atoms with Crippen molar-refractivity contribution in [1.82, 2.24) is 0 Å². The maximum atomic E-state index is 10.4. The van der Waals surface area contributed by atoms with Gasteiger partial charge < -0.3 is 9.84 Å². The van der Waals surface area contributed by atoms with Gasteiger partial charge in [0, 0.05) is 6.42 Å². The molecule has 24 heavy (non-hydrogen) atoms. The van der Waals surface area contributed by atoms with Gasteiger partial charge in [-0.05, 0) is 61.4 Å². The molecule has 0 saturated heterocycles. The number of hydrogen-bond acceptors (Lipinski definition) is 5. The Morgan fingerprint density at radius 3 is 2.12 bits per heavy atom. The first-order valence-corrected chi connectivity index (χ1v) is 7.54. The van der Waals surface area contributed by atoms with Crippen LogP contribution >= 0.6 is 0 Å². The summed E-state index contributed by atoms with van der Waals surface area (Å²) in [5.41, 5.74) is 1.95. The Hall–Kier alpha value is -3.20. The van der Waals surface area contributed by atoms with E-state index in [-0.39, 0.29) is 6.42 Å². The fourth-order valence-electron chi connectivity index (χ4n) is 1.90. The van der Waals surface area contributed by atoms with Crippen molar-refractivity contribution >= 4 is 17.3 Å². The van der Waals surface area contributed by atoms with E-state index in [2.05, 4.69) is 10.2 Å². The number of hydrogen-bond donors (Lipinski definition) is 1. The van der Waals surface area contributed by atoms with Gasteiger partial charge in [-0.1, -0.05) is 0 Å². The highest BCUT2D eigenvalue weighted by molar-refractivity contribution is 5.66. The van der Waals surface area contributed by atoms with Crippen LogP contribution < -0.4 is 4.74 Å². The Balaban J connectivity index is 1.81. The van der Waals surface area contributed by atoms with E-state index in [1.54, 1.807) is 48.5 Å². The van der Waals surface area contributed by atoms with Gasteiger partial charge in [-0.25, -0.2) is 0 Å². The smallest absolute Gasteiger partial charge is 0.303 e. The molecular weight excluding hydrogens is 306 g/mol. The number of carboxylic acid groups (broad SMARTS) is 1. The third-order valence-corrected chi connectivity index (χ3v) is 3.17. The van der Waals surface area contributed by atoms with Crippen LogP contribution in [-0.2, 0) is 4.79 Å². The van der Waals surface area contributed by atoms with Crippen molar-refractivity contribution in [2.24, 2.45) is 10.2 Å². The summed E-state index contributed by atoms with van der Waals surface area (Å²) in [5.74, 6) is -0.0744. The fourth-order valence-corrected chi connectivity index (χ4v) is 1.90. The van der Waals surface area contributed by atoms with E-state index >= 15 is 0 Å². The molecule has 0 spiro atoms. The standard InChI is InChI=1S/C18H17N3O3/c19-13-14-4-6-15(7-5-14)20-21-16-8-10-17(11-9-16)24-12-2-1-3-18(22)23/h4-11H,1-3,12H2,(H,22,23)/b21-20+. The first kappa shape index (κ1) is 17.2. The van der Waals surface area contributed by atoms with Crippen LogP contribution in [0.5, 0.6) is 5.75 Å². The maximum absolute atomic E-state index is 10.4. The quantitative estimate of drug-likeness (QED) is 0.567. The zero-order valence-corrected chi connectivity index (χ0v) is 13.1. The molecule has 2 aromatic carbocycles. The lowest BCUT2D eigenvalue weighted by atomic mass is 10.2. The van der Waals surface area contributed by atoms with Crippen LogP contribution in [0.4, 0.5) is 11.4 Å². The number of nitriles is 1. The Bertz CT molecular complexity index is 732. The number of aliphatic carboxylic acids is 1. The SMILES string of the molecule is N#Cc1ccc(/N=N/c2ccc(OCCCCC(=O)O)cc2)cc1. The first-order chi connectivity index (χ1) is 11.7. The van der Waals surface area contributed by atoms with Crippen LogP contribution in [0.15, 0.2) is 58.8 Å². The summed E-state index contributed by atoms with van der Waals surface area (Å²) in [7, 11) is 0. The van der Waals surface area contributed by atoms with Crippen LogP contribution in [0.25, 0.3) is 0 Å². The molecule has 0 unspecified atom stereocenters. The number of carboxylic acids is 1. The fraction of sp³-hybridized carbons (Fsp3) is 0.222. The zero-order valence-electron chi connectivity index (χ0n) is 13.1. The molecule has 0 aliphatic rings. The second-order valence-electron chi connectivity index (χ2n) is 5.05. The van der Waals surface area contributed by atoms with Gasteiger partial charge in [-0.3, -0.25) is 4.79 Å². The molecule has 0 aliphatic heterocycles. The molecule has 0 heterocycles. The van der Waals surface area contributed by atoms with Gasteiger partial charge >= 0.3 is 5.97 Å². The van der Waals surface area contributed by atoms with E-state index in [1.165, 1.54) is 0 Å². The van der Waals surface area contributed by atoms with Crippen LogP contribution in [0, 0.1) is 11.3 Å². The molecule has 6 nitrogen and oxygen atoms in total. The van der Waals surface area contributed by atoms with Crippen molar-refractivity contribution in [3.63, 3.8) is 0 Å². The third kappa shape index (κ3) is 5.89. The normalized spacial score (nSPS) is 10.5. The Morgan fingerprint density at radius 1 is 1.00 bits per heavy atom. The van der Waals surface area contributed by atoms with E-state index in [0.717, 1.165) is 0 Å². The highest BCUT2D eigenvalue weighted by Gasteiger charge is 1.98. The lowest BCUT2D eigenvalue weighted by molar-refractivity contribution is -0.137. The Kier molecular flexibility index (Phi) is 6.47. The summed E-state index contributed by atoms with van der Waals surface area (Å²) < 4.78 is 5.54. The number of unbranched alkanes of at least 4 members (excludes halogenated alkanes) is 1. The van der Waals surface area contributed by atoms with Gasteiger partial charge in [0.15, 0.2) is 0 Å². The molecule has 122 valence electrons. The van der Waals surface area contributed by atoms with Crippen LogP contribution in [-0.4, -0.2) is 17.7 Å². The van der Waals surface area contributed by atoms with Crippen LogP contribution in [0.3, 0.4) is 0 Å². The maximum Gasteiger partial charge on any atom is 0.303 e. The lowest BCUT2D eigenvalue weighted by Gasteiger charge is -2.05. The second kappa shape index (κ2) is 9.06. The summed E-state index contributed by atoms with van der Waals surface area (Å²) in [5, 5.41) is 25.5. The summed E-state index contributed by atoms with van der Waals surface area (Å²) >= 11 is 0. The number of benzene rings is 2. The summed E-state index contributed by atoms with van der Waals surface area (Å²) in [6.45, 7) is 0.486. The van der Waals surface area contributed by atoms with Crippen molar-refractivity contribution in [2.45, 2.75) is 19.3 Å². The Labute approximate surface area is 140 Å². The molecule has 0 radical (unpaired) electrons. The van der Waals surface area contributed by atoms with Crippen LogP contribution in [0.1, 0.15) is 24.8 Å². The minimum Gasteiger partial charge on any atom is -0.494 e. The van der Waals surface area contributed by atoms with E-state index in [9.17, 15) is 4.79 Å². The molecule has 0 amide bonds. The van der Waals surface area contributed by atoms with Crippen molar-refractivity contribution in [3.05, 3.63) is 54.1 Å². The van der Waals surface area contributed by atoms with Gasteiger partial charge in [-0.15, -0.1) is 0 Å². The first-order valence-electron chi connectivity index (χ1n) is 7.54. The second-order valence-corrected chi connectivity index (χ2v) is 5.05. The van der Waals surface area contributed by atoms with Crippen molar-refractivity contribution in [1.29, 1.82) is 5.26 Å². The molecule has 0 aliphatic carbocycles. The molecule has 6 heteroatoms. The summed E-state index contributed by atoms with van der Waals surface area (Å²) in [6, 6.07) is 16.1. The molecule has 0 bridgehead atoms. The number of nitrogens with zero attached hydrogens (tertiary/aromatic N) is 3. The number of carbonyl (C=O) groups is 1. The van der Waals surface area contributed by atoms with Crippen molar-refractivity contribution in [2.75, 3.05) is 6.61 Å². The van der Waals surface area contributed by atoms with E-state index < -0.39 is 5.97 Å². The summed E-state index contributed by atoms with van der Waals surface area (Å²) in [4.78, 5) is 10.4. The largest absolute Gasteiger partial charge is 0.494 e. The van der Waals surface area contributed by atoms with Gasteiger partial charge in [0.05, 0.1) is 29.6 Å². The molecule has 0 saturated carbocycles. The van der Waals surface area contributed by atoms with E-state index in [4.69, 9.17) is 15.1 Å². The molecule has 0 fully saturated rings. The van der Waals surface area contributed by atoms with Gasteiger partial charge in [-0.2, -0.15) is 15.5 Å². The van der Waals surface area contributed by atoms with Crippen molar-refractivity contribution in [3.8, 4) is 11.8 Å². The average Bonchev–Trinajstić information content (AvgIpc) is 2.61. The number of azo groups is 1. The number of rotatable bonds is 8. The van der Waals surface area contributed by atoms with E-state index in [0.29, 0.717) is 42.1 Å². The topological polar surface area (TPSA) is 95.0 Å². The molecular formula is C18H17N3O3. The highest BCUT2D eigenvalue weighted by atomic mass is 16.5.